The second-order valence-corrected chi connectivity index (χ2v) is 29.4. The van der Waals surface area contributed by atoms with Gasteiger partial charge in [-0.05, 0) is 6.92 Å². The van der Waals surface area contributed by atoms with Gasteiger partial charge in [-0.15, -0.1) is 0 Å². The van der Waals surface area contributed by atoms with Crippen molar-refractivity contribution in [3.05, 3.63) is 0 Å². The van der Waals surface area contributed by atoms with Crippen LogP contribution >= 0.6 is 0 Å². The van der Waals surface area contributed by atoms with Gasteiger partial charge < -0.3 is 235 Å². The van der Waals surface area contributed by atoms with Crippen LogP contribution in [0.25, 0.3) is 0 Å². The fraction of sp³-hybridized carbons (Fsp3) is 0.923. The SMILES string of the molecule is CC(=O)N[C@H]1[C@H]([C@H](O)[C@H](O)CO)OC(OC[C@H]2OC(O[C@H]3[C@H](O)[C@@H](NC(C)=O)C(O[C@@H]4C(OC[C@H]5OC(O[C@H]6[C@H](O)[C@@H](NC(C)=O)C(O[C@@H]([C@H](O)[C@H](CO)NC(C)=O)[C@H](O)COC7O[C@@H](C)[C@@H](O)[C@@H](O)[C@@H]7O)O[C@@H]6CO)[C@@H](O)[C@@H](OC6O[C@H](CO)[C@@H](O)[C@H](O)[C@@H]6O)[C@@H]5O)O[C@H](CO)[C@@H](O)[C@@H]4O)O[C@@H]3CO)[C@H](O)[C@@H](O)[C@H]2O)(C(=O)O)C[C@@H]1O. The number of carboxylic acids is 1. The summed E-state index contributed by atoms with van der Waals surface area (Å²) < 4.78 is 93.2. The van der Waals surface area contributed by atoms with Crippen LogP contribution in [0.4, 0.5) is 0 Å². The highest BCUT2D eigenvalue weighted by Crippen LogP contribution is 2.40. The van der Waals surface area contributed by atoms with E-state index in [1.54, 1.807) is 0 Å². The third-order valence-corrected chi connectivity index (χ3v) is 20.9. The maximum atomic E-state index is 13.0. The molecule has 0 bridgehead atoms. The lowest BCUT2D eigenvalue weighted by atomic mass is 9.88. The molecule has 8 fully saturated rings. The Kier molecular flexibility index (Phi) is 35.9. The predicted octanol–water partition coefficient (Wildman–Crippen LogP) is -20.2. The van der Waals surface area contributed by atoms with E-state index >= 15 is 0 Å². The zero-order valence-electron chi connectivity index (χ0n) is 63.1. The van der Waals surface area contributed by atoms with Crippen LogP contribution in [-0.4, -0.2) is 502 Å². The number of carbonyl (C=O) groups excluding carboxylic acids is 4. The third kappa shape index (κ3) is 22.6. The van der Waals surface area contributed by atoms with E-state index in [0.717, 1.165) is 27.7 Å². The van der Waals surface area contributed by atoms with Gasteiger partial charge in [0.2, 0.25) is 23.6 Å². The molecule has 4 amide bonds. The van der Waals surface area contributed by atoms with E-state index in [-0.39, 0.29) is 0 Å². The van der Waals surface area contributed by atoms with E-state index in [0.29, 0.717) is 0 Å². The molecule has 8 saturated heterocycles. The molecule has 0 aromatic rings. The highest BCUT2D eigenvalue weighted by Gasteiger charge is 2.61. The topological polar surface area (TPSA) is 827 Å². The van der Waals surface area contributed by atoms with Crippen LogP contribution in [0.15, 0.2) is 0 Å². The molecule has 678 valence electrons. The van der Waals surface area contributed by atoms with E-state index in [2.05, 4.69) is 21.3 Å². The Morgan fingerprint density at radius 3 is 1.35 bits per heavy atom. The third-order valence-electron chi connectivity index (χ3n) is 20.9. The van der Waals surface area contributed by atoms with Crippen LogP contribution in [0.2, 0.25) is 0 Å². The summed E-state index contributed by atoms with van der Waals surface area (Å²) in [6.07, 6.45) is -85.8. The van der Waals surface area contributed by atoms with Crippen molar-refractivity contribution in [2.75, 3.05) is 59.5 Å². The molecule has 0 saturated carbocycles. The van der Waals surface area contributed by atoms with Crippen molar-refractivity contribution < 1.29 is 238 Å². The summed E-state index contributed by atoms with van der Waals surface area (Å²) >= 11 is 0. The molecule has 52 heteroatoms. The van der Waals surface area contributed by atoms with Crippen LogP contribution in [0.1, 0.15) is 41.0 Å². The van der Waals surface area contributed by atoms with Gasteiger partial charge in [0.1, 0.15) is 201 Å². The van der Waals surface area contributed by atoms with Crippen molar-refractivity contribution in [2.45, 2.75) is 316 Å². The molecule has 8 aliphatic rings. The fourth-order valence-corrected chi connectivity index (χ4v) is 14.5. The molecule has 117 heavy (non-hydrogen) atoms. The van der Waals surface area contributed by atoms with Crippen molar-refractivity contribution in [3.8, 4) is 0 Å². The number of aliphatic hydroxyl groups excluding tert-OH is 26. The van der Waals surface area contributed by atoms with Gasteiger partial charge in [-0.3, -0.25) is 19.2 Å². The molecule has 45 atom stereocenters. The van der Waals surface area contributed by atoms with E-state index < -0.39 is 371 Å². The molecule has 0 aromatic heterocycles. The second kappa shape index (κ2) is 42.8. The molecular weight excluding hydrogens is 1600 g/mol. The number of aliphatic carboxylic acids is 1. The summed E-state index contributed by atoms with van der Waals surface area (Å²) in [5, 5.41) is 307. The van der Waals surface area contributed by atoms with E-state index in [1.807, 2.05) is 0 Å². The van der Waals surface area contributed by atoms with Crippen LogP contribution in [0, 0.1) is 0 Å². The van der Waals surface area contributed by atoms with Gasteiger partial charge in [-0.2, -0.15) is 0 Å². The minimum absolute atomic E-state index is 0.833. The van der Waals surface area contributed by atoms with Crippen molar-refractivity contribution in [1.29, 1.82) is 0 Å². The molecular formula is C65H110N4O48. The lowest BCUT2D eigenvalue weighted by Crippen LogP contribution is -2.70. The Morgan fingerprint density at radius 1 is 0.410 bits per heavy atom. The Balaban J connectivity index is 1.05. The Hall–Kier alpha value is -4.33. The largest absolute Gasteiger partial charge is 0.477 e. The Morgan fingerprint density at radius 2 is 0.846 bits per heavy atom. The first-order chi connectivity index (χ1) is 55.0. The van der Waals surface area contributed by atoms with Crippen LogP contribution in [0.3, 0.4) is 0 Å². The Labute approximate surface area is 662 Å². The second-order valence-electron chi connectivity index (χ2n) is 29.4. The summed E-state index contributed by atoms with van der Waals surface area (Å²) in [5.74, 6) is -8.78. The molecule has 0 aliphatic carbocycles. The molecule has 31 N–H and O–H groups in total. The van der Waals surface area contributed by atoms with Gasteiger partial charge in [-0.1, -0.05) is 0 Å². The summed E-state index contributed by atoms with van der Waals surface area (Å²) in [4.78, 5) is 63.4. The molecule has 8 aliphatic heterocycles. The minimum atomic E-state index is -3.07. The first-order valence-electron chi connectivity index (χ1n) is 37.0. The maximum Gasteiger partial charge on any atom is 0.364 e. The Bertz CT molecular complexity index is 3140. The van der Waals surface area contributed by atoms with Gasteiger partial charge in [0.15, 0.2) is 44.0 Å². The van der Waals surface area contributed by atoms with E-state index in [4.69, 9.17) is 75.8 Å². The van der Waals surface area contributed by atoms with Crippen LogP contribution in [0.5, 0.6) is 0 Å². The zero-order chi connectivity index (χ0) is 87.0. The average molecular weight is 1720 g/mol. The van der Waals surface area contributed by atoms with Gasteiger partial charge in [0.25, 0.3) is 5.79 Å². The first kappa shape index (κ1) is 98.1. The number of carbonyl (C=O) groups is 5. The van der Waals surface area contributed by atoms with Gasteiger partial charge in [-0.25, -0.2) is 4.79 Å². The number of ether oxygens (including phenoxy) is 16. The number of rotatable bonds is 35. The molecule has 8 unspecified atom stereocenters. The zero-order valence-corrected chi connectivity index (χ0v) is 63.1. The molecule has 0 radical (unpaired) electrons. The summed E-state index contributed by atoms with van der Waals surface area (Å²) in [6.45, 7) is -5.24. The van der Waals surface area contributed by atoms with Crippen LogP contribution < -0.4 is 21.3 Å². The van der Waals surface area contributed by atoms with E-state index in [1.165, 1.54) is 6.92 Å². The number of amides is 4. The van der Waals surface area contributed by atoms with Gasteiger partial charge in [0.05, 0.1) is 83.8 Å². The molecule has 8 heterocycles. The molecule has 0 spiro atoms. The van der Waals surface area contributed by atoms with Crippen LogP contribution in [-0.2, 0) is 99.8 Å². The molecule has 8 rings (SSSR count). The highest BCUT2D eigenvalue weighted by atomic mass is 16.8. The number of carboxylic acid groups (broad SMARTS) is 1. The fourth-order valence-electron chi connectivity index (χ4n) is 14.5. The number of nitrogens with one attached hydrogen (secondary N) is 4. The smallest absolute Gasteiger partial charge is 0.364 e. The molecule has 0 aromatic carbocycles. The lowest BCUT2D eigenvalue weighted by Gasteiger charge is -2.50. The quantitative estimate of drug-likeness (QED) is 0.0280. The summed E-state index contributed by atoms with van der Waals surface area (Å²) in [6, 6.07) is -7.41. The van der Waals surface area contributed by atoms with Crippen molar-refractivity contribution in [3.63, 3.8) is 0 Å². The van der Waals surface area contributed by atoms with Crippen molar-refractivity contribution in [2.24, 2.45) is 0 Å². The monoisotopic (exact) mass is 1710 g/mol. The van der Waals surface area contributed by atoms with Gasteiger partial charge >= 0.3 is 5.97 Å². The first-order valence-corrected chi connectivity index (χ1v) is 37.0. The maximum absolute atomic E-state index is 13.0. The predicted molar refractivity (Wildman–Crippen MR) is 361 cm³/mol. The number of hydrogen-bond acceptors (Lipinski definition) is 47. The number of aliphatic hydroxyl groups is 26. The normalized spacial score (nSPS) is 45.0. The van der Waals surface area contributed by atoms with Crippen molar-refractivity contribution in [1.82, 2.24) is 21.3 Å². The molecule has 52 nitrogen and oxygen atoms in total. The van der Waals surface area contributed by atoms with E-state index in [9.17, 15) is 162 Å². The summed E-state index contributed by atoms with van der Waals surface area (Å²) in [7, 11) is 0. The lowest BCUT2D eigenvalue weighted by molar-refractivity contribution is -0.388. The standard InChI is InChI=1S/C65H110N4O48/c1-16-34(83)43(92)47(96)59(105-16)102-13-24(82)51(35(84)21(7-70)66-17(2)76)112-57-32(68-19(4)78)41(90)53(28(12-75)108-57)114-62-50(99)55(115-60-48(97)44(93)37(86)25(9-72)106-60)40(89)29(110-62)14-103-63-56(46(95)38(87)26(10-73)107-63)116-58-33(69-20(5)79)42(91)52(27(11-74)109-58)113-61-49(98)45(94)39(88)30(111-61)15-104-65(64(100)101)6-22(80)31(67-18(3)77)54(117-65)36(85)23(81)8-71/h16,21-63,70-75,80-99H,6-15H2,1-5H3,(H,66,76)(H,67,77)(H,68,78)(H,69,79)(H,100,101)/t16-,21-,22-,23+,24+,25+,26+,27+,28+,29+,30+,31+,32+,33+,34+,35+,36+,37+,38+,39-,40+,41+,42+,43+,44-,45-,46-,47-,48-,49+,50-,51+,52+,53+,54+,55-,56-,57?,58?,59?,60?,61?,62?,63?,65?/m0/s1. The average Bonchev–Trinajstić information content (AvgIpc) is 0.875. The number of hydrogen-bond donors (Lipinski definition) is 31. The minimum Gasteiger partial charge on any atom is -0.477 e. The van der Waals surface area contributed by atoms with Gasteiger partial charge in [0, 0.05) is 34.1 Å². The van der Waals surface area contributed by atoms with Crippen molar-refractivity contribution >= 4 is 29.6 Å². The highest BCUT2D eigenvalue weighted by molar-refractivity contribution is 5.77. The summed E-state index contributed by atoms with van der Waals surface area (Å²) in [5.41, 5.74) is 0.